The van der Waals surface area contributed by atoms with Gasteiger partial charge >= 0.3 is 11.8 Å². The van der Waals surface area contributed by atoms with Crippen LogP contribution in [0.5, 0.6) is 5.75 Å². The molecule has 0 bridgehead atoms. The van der Waals surface area contributed by atoms with Crippen LogP contribution in [0.15, 0.2) is 42.7 Å². The Hall–Kier alpha value is -3.75. The molecule has 0 radical (unpaired) electrons. The van der Waals surface area contributed by atoms with E-state index in [1.807, 2.05) is 13.0 Å². The fourth-order valence-corrected chi connectivity index (χ4v) is 2.93. The molecule has 3 rings (SSSR count). The summed E-state index contributed by atoms with van der Waals surface area (Å²) in [6.45, 7) is 7.16. The number of methoxy groups -OCH3 is 1. The van der Waals surface area contributed by atoms with Gasteiger partial charge in [0.05, 0.1) is 28.6 Å². The molecule has 0 N–H and O–H groups in total. The fourth-order valence-electron chi connectivity index (χ4n) is 2.93. The van der Waals surface area contributed by atoms with Gasteiger partial charge in [-0.25, -0.2) is 19.7 Å². The Balaban J connectivity index is 2.28. The van der Waals surface area contributed by atoms with E-state index in [2.05, 4.69) is 9.97 Å². The van der Waals surface area contributed by atoms with Crippen molar-refractivity contribution in [3.63, 3.8) is 0 Å². The average Bonchev–Trinajstić information content (AvgIpc) is 2.66. The number of hydrogen-bond acceptors (Lipinski definition) is 7. The lowest BCUT2D eigenvalue weighted by Gasteiger charge is -2.27. The maximum absolute atomic E-state index is 13.1. The number of carbonyl (C=O) groups is 1. The van der Waals surface area contributed by atoms with E-state index in [0.29, 0.717) is 16.6 Å². The molecule has 30 heavy (non-hydrogen) atoms. The van der Waals surface area contributed by atoms with Crippen molar-refractivity contribution in [1.29, 1.82) is 0 Å². The van der Waals surface area contributed by atoms with Crippen LogP contribution in [0, 0.1) is 17.0 Å². The number of ether oxygens (including phenoxy) is 2. The third-order valence-corrected chi connectivity index (χ3v) is 4.16. The molecule has 0 aliphatic rings. The first-order valence-electron chi connectivity index (χ1n) is 9.17. The van der Waals surface area contributed by atoms with Crippen LogP contribution in [0.25, 0.3) is 10.9 Å². The second-order valence-electron chi connectivity index (χ2n) is 7.65. The van der Waals surface area contributed by atoms with Crippen molar-refractivity contribution >= 4 is 34.2 Å². The monoisotopic (exact) mass is 410 g/mol. The second-order valence-corrected chi connectivity index (χ2v) is 7.65. The van der Waals surface area contributed by atoms with Gasteiger partial charge in [0.25, 0.3) is 0 Å². The Labute approximate surface area is 173 Å². The van der Waals surface area contributed by atoms with Gasteiger partial charge in [0.2, 0.25) is 0 Å². The topological polar surface area (TPSA) is 108 Å². The van der Waals surface area contributed by atoms with E-state index in [-0.39, 0.29) is 17.3 Å². The van der Waals surface area contributed by atoms with Crippen molar-refractivity contribution in [2.24, 2.45) is 0 Å². The zero-order chi connectivity index (χ0) is 22.1. The minimum absolute atomic E-state index is 0.0662. The molecule has 156 valence electrons. The molecule has 0 atom stereocenters. The zero-order valence-corrected chi connectivity index (χ0v) is 17.4. The normalized spacial score (nSPS) is 11.2. The standard InChI is InChI=1S/C21H22N4O5/c1-13-7-6-8-14(9-13)24(20(26)30-21(2,3)4)19-15-10-17(25(27)28)18(29-5)11-16(15)22-12-23-19/h6-12H,1-5H3. The number of aromatic nitrogens is 2. The van der Waals surface area contributed by atoms with Gasteiger partial charge < -0.3 is 9.47 Å². The summed E-state index contributed by atoms with van der Waals surface area (Å²) in [4.78, 5) is 33.9. The Morgan fingerprint density at radius 2 is 1.90 bits per heavy atom. The van der Waals surface area contributed by atoms with Gasteiger partial charge in [-0.2, -0.15) is 0 Å². The summed E-state index contributed by atoms with van der Waals surface area (Å²) in [5, 5.41) is 11.8. The van der Waals surface area contributed by atoms with E-state index >= 15 is 0 Å². The third kappa shape index (κ3) is 4.29. The predicted octanol–water partition coefficient (Wildman–Crippen LogP) is 4.93. The summed E-state index contributed by atoms with van der Waals surface area (Å²) in [5.74, 6) is 0.238. The summed E-state index contributed by atoms with van der Waals surface area (Å²) in [7, 11) is 1.34. The molecular weight excluding hydrogens is 388 g/mol. The van der Waals surface area contributed by atoms with Gasteiger partial charge in [0.1, 0.15) is 11.9 Å². The molecule has 2 aromatic carbocycles. The number of anilines is 2. The molecule has 1 aromatic heterocycles. The van der Waals surface area contributed by atoms with Crippen LogP contribution in [-0.2, 0) is 4.74 Å². The number of rotatable bonds is 4. The summed E-state index contributed by atoms with van der Waals surface area (Å²) < 4.78 is 10.7. The lowest BCUT2D eigenvalue weighted by atomic mass is 10.1. The van der Waals surface area contributed by atoms with E-state index < -0.39 is 16.6 Å². The number of fused-ring (bicyclic) bond motifs is 1. The number of benzene rings is 2. The Morgan fingerprint density at radius 1 is 1.17 bits per heavy atom. The first-order valence-corrected chi connectivity index (χ1v) is 9.17. The lowest BCUT2D eigenvalue weighted by molar-refractivity contribution is -0.385. The van der Waals surface area contributed by atoms with Crippen LogP contribution in [0.3, 0.4) is 0 Å². The van der Waals surface area contributed by atoms with Crippen LogP contribution in [0.4, 0.5) is 22.0 Å². The number of amides is 1. The number of nitro benzene ring substituents is 1. The van der Waals surface area contributed by atoms with Gasteiger partial charge in [-0.3, -0.25) is 10.1 Å². The number of hydrogen-bond donors (Lipinski definition) is 0. The highest BCUT2D eigenvalue weighted by atomic mass is 16.6. The van der Waals surface area contributed by atoms with Crippen molar-refractivity contribution in [2.45, 2.75) is 33.3 Å². The quantitative estimate of drug-likeness (QED) is 0.443. The van der Waals surface area contributed by atoms with Crippen molar-refractivity contribution in [3.05, 3.63) is 58.4 Å². The summed E-state index contributed by atoms with van der Waals surface area (Å²) in [6.07, 6.45) is 0.627. The zero-order valence-electron chi connectivity index (χ0n) is 17.4. The Bertz CT molecular complexity index is 1120. The molecule has 0 saturated heterocycles. The van der Waals surface area contributed by atoms with E-state index in [0.717, 1.165) is 5.56 Å². The summed E-state index contributed by atoms with van der Waals surface area (Å²) in [5.41, 5.74) is 0.824. The molecule has 1 amide bonds. The van der Waals surface area contributed by atoms with Gasteiger partial charge in [0.15, 0.2) is 11.6 Å². The molecule has 0 fully saturated rings. The number of nitro groups is 1. The maximum atomic E-state index is 13.1. The average molecular weight is 410 g/mol. The van der Waals surface area contributed by atoms with E-state index in [4.69, 9.17) is 9.47 Å². The minimum Gasteiger partial charge on any atom is -0.490 e. The van der Waals surface area contributed by atoms with Crippen LogP contribution < -0.4 is 9.64 Å². The first-order chi connectivity index (χ1) is 14.1. The molecule has 0 aliphatic carbocycles. The van der Waals surface area contributed by atoms with Gasteiger partial charge in [-0.05, 0) is 45.4 Å². The van der Waals surface area contributed by atoms with Crippen LogP contribution in [0.1, 0.15) is 26.3 Å². The van der Waals surface area contributed by atoms with E-state index in [1.54, 1.807) is 39.0 Å². The molecule has 0 spiro atoms. The van der Waals surface area contributed by atoms with Crippen LogP contribution in [0.2, 0.25) is 0 Å². The fraction of sp³-hybridized carbons (Fsp3) is 0.286. The molecule has 9 nitrogen and oxygen atoms in total. The van der Waals surface area contributed by atoms with E-state index in [1.165, 1.54) is 30.5 Å². The van der Waals surface area contributed by atoms with Gasteiger partial charge in [0, 0.05) is 12.1 Å². The predicted molar refractivity (Wildman–Crippen MR) is 112 cm³/mol. The Kier molecular flexibility index (Phi) is 5.55. The first kappa shape index (κ1) is 21.0. The third-order valence-electron chi connectivity index (χ3n) is 4.16. The molecular formula is C21H22N4O5. The highest BCUT2D eigenvalue weighted by Gasteiger charge is 2.29. The van der Waals surface area contributed by atoms with Crippen LogP contribution in [-0.4, -0.2) is 33.7 Å². The second kappa shape index (κ2) is 7.94. The highest BCUT2D eigenvalue weighted by molar-refractivity contribution is 6.04. The molecule has 9 heteroatoms. The minimum atomic E-state index is -0.753. The van der Waals surface area contributed by atoms with Crippen LogP contribution >= 0.6 is 0 Å². The number of nitrogens with zero attached hydrogens (tertiary/aromatic N) is 4. The molecule has 1 heterocycles. The highest BCUT2D eigenvalue weighted by Crippen LogP contribution is 2.37. The maximum Gasteiger partial charge on any atom is 0.420 e. The number of carbonyl (C=O) groups excluding carboxylic acids is 1. The van der Waals surface area contributed by atoms with Gasteiger partial charge in [-0.1, -0.05) is 12.1 Å². The van der Waals surface area contributed by atoms with Gasteiger partial charge in [-0.15, -0.1) is 0 Å². The van der Waals surface area contributed by atoms with Crippen molar-refractivity contribution < 1.29 is 19.2 Å². The molecule has 0 unspecified atom stereocenters. The van der Waals surface area contributed by atoms with Crippen molar-refractivity contribution in [3.8, 4) is 5.75 Å². The largest absolute Gasteiger partial charge is 0.490 e. The SMILES string of the molecule is COc1cc2ncnc(N(C(=O)OC(C)(C)C)c3cccc(C)c3)c2cc1[N+](=O)[O-]. The number of aryl methyl sites for hydroxylation is 1. The smallest absolute Gasteiger partial charge is 0.420 e. The molecule has 0 saturated carbocycles. The van der Waals surface area contributed by atoms with Crippen molar-refractivity contribution in [2.75, 3.05) is 12.0 Å². The molecule has 3 aromatic rings. The summed E-state index contributed by atoms with van der Waals surface area (Å²) >= 11 is 0. The lowest BCUT2D eigenvalue weighted by Crippen LogP contribution is -2.34. The van der Waals surface area contributed by atoms with Crippen molar-refractivity contribution in [1.82, 2.24) is 9.97 Å². The van der Waals surface area contributed by atoms with E-state index in [9.17, 15) is 14.9 Å². The molecule has 0 aliphatic heterocycles. The summed E-state index contributed by atoms with van der Waals surface area (Å²) in [6, 6.07) is 9.98. The Morgan fingerprint density at radius 3 is 2.50 bits per heavy atom.